The second-order valence-corrected chi connectivity index (χ2v) is 6.35. The van der Waals surface area contributed by atoms with Gasteiger partial charge >= 0.3 is 0 Å². The average Bonchev–Trinajstić information content (AvgIpc) is 3.03. The minimum Gasteiger partial charge on any atom is -0.336 e. The summed E-state index contributed by atoms with van der Waals surface area (Å²) in [5.74, 6) is -0.130. The number of halogens is 1. The number of amides is 1. The molecule has 0 bridgehead atoms. The van der Waals surface area contributed by atoms with Gasteiger partial charge in [0.25, 0.3) is 11.6 Å². The largest absolute Gasteiger partial charge is 0.336 e. The summed E-state index contributed by atoms with van der Waals surface area (Å²) in [4.78, 5) is 25.3. The molecule has 138 valence electrons. The van der Waals surface area contributed by atoms with Crippen molar-refractivity contribution in [3.05, 3.63) is 75.3 Å². The van der Waals surface area contributed by atoms with Gasteiger partial charge in [-0.1, -0.05) is 43.3 Å². The van der Waals surface area contributed by atoms with Crippen LogP contribution in [0.5, 0.6) is 0 Å². The highest BCUT2D eigenvalue weighted by Crippen LogP contribution is 2.28. The molecule has 6 nitrogen and oxygen atoms in total. The van der Waals surface area contributed by atoms with E-state index in [9.17, 15) is 14.9 Å². The Morgan fingerprint density at radius 1 is 1.23 bits per heavy atom. The van der Waals surface area contributed by atoms with Crippen LogP contribution in [0.15, 0.2) is 48.5 Å². The number of nitro groups is 1. The van der Waals surface area contributed by atoms with Gasteiger partial charge in [-0.2, -0.15) is 0 Å². The first kappa shape index (κ1) is 19.9. The van der Waals surface area contributed by atoms with Crippen molar-refractivity contribution in [3.8, 4) is 0 Å². The third kappa shape index (κ3) is 3.86. The SMILES string of the molecule is CCc1ccc(C(=O)N2C[C@@H](N)[C@H](c3ccccc3)C2)cc1[N+](=O)[O-].Cl. The lowest BCUT2D eigenvalue weighted by Gasteiger charge is -2.17. The van der Waals surface area contributed by atoms with Crippen LogP contribution in [0.4, 0.5) is 5.69 Å². The second kappa shape index (κ2) is 8.29. The van der Waals surface area contributed by atoms with Crippen molar-refractivity contribution < 1.29 is 9.72 Å². The molecule has 0 aliphatic carbocycles. The highest BCUT2D eigenvalue weighted by atomic mass is 35.5. The lowest BCUT2D eigenvalue weighted by Crippen LogP contribution is -2.32. The maximum Gasteiger partial charge on any atom is 0.273 e. The third-order valence-corrected chi connectivity index (χ3v) is 4.79. The van der Waals surface area contributed by atoms with Crippen LogP contribution >= 0.6 is 12.4 Å². The van der Waals surface area contributed by atoms with Crippen molar-refractivity contribution in [1.82, 2.24) is 4.90 Å². The molecule has 1 aliphatic rings. The van der Waals surface area contributed by atoms with Crippen molar-refractivity contribution in [2.45, 2.75) is 25.3 Å². The molecule has 7 heteroatoms. The predicted octanol–water partition coefficient (Wildman–Crippen LogP) is 3.15. The van der Waals surface area contributed by atoms with E-state index in [-0.39, 0.29) is 36.0 Å². The Bertz CT molecular complexity index is 798. The first-order chi connectivity index (χ1) is 12.0. The fraction of sp³-hybridized carbons (Fsp3) is 0.316. The summed E-state index contributed by atoms with van der Waals surface area (Å²) >= 11 is 0. The number of nitro benzene ring substituents is 1. The van der Waals surface area contributed by atoms with E-state index in [1.807, 2.05) is 37.3 Å². The van der Waals surface area contributed by atoms with Crippen molar-refractivity contribution in [1.29, 1.82) is 0 Å². The fourth-order valence-corrected chi connectivity index (χ4v) is 3.40. The minimum atomic E-state index is -0.432. The number of carbonyl (C=O) groups excluding carboxylic acids is 1. The molecular weight excluding hydrogens is 354 g/mol. The number of nitrogens with zero attached hydrogens (tertiary/aromatic N) is 2. The molecule has 0 unspecified atom stereocenters. The average molecular weight is 376 g/mol. The predicted molar refractivity (Wildman–Crippen MR) is 103 cm³/mol. The van der Waals surface area contributed by atoms with Gasteiger partial charge in [-0.05, 0) is 18.1 Å². The smallest absolute Gasteiger partial charge is 0.273 e. The van der Waals surface area contributed by atoms with Crippen LogP contribution in [0.3, 0.4) is 0 Å². The number of likely N-dealkylation sites (tertiary alicyclic amines) is 1. The van der Waals surface area contributed by atoms with Gasteiger partial charge in [0.1, 0.15) is 0 Å². The van der Waals surface area contributed by atoms with Crippen molar-refractivity contribution in [2.75, 3.05) is 13.1 Å². The highest BCUT2D eigenvalue weighted by molar-refractivity contribution is 5.95. The van der Waals surface area contributed by atoms with Crippen molar-refractivity contribution in [3.63, 3.8) is 0 Å². The normalized spacial score (nSPS) is 19.1. The first-order valence-electron chi connectivity index (χ1n) is 8.38. The van der Waals surface area contributed by atoms with Crippen LogP contribution < -0.4 is 5.73 Å². The van der Waals surface area contributed by atoms with Crippen LogP contribution in [0.25, 0.3) is 0 Å². The van der Waals surface area contributed by atoms with E-state index >= 15 is 0 Å². The number of nitrogens with two attached hydrogens (primary N) is 1. The summed E-state index contributed by atoms with van der Waals surface area (Å²) in [5, 5.41) is 11.2. The summed E-state index contributed by atoms with van der Waals surface area (Å²) in [5.41, 5.74) is 8.31. The molecule has 1 saturated heterocycles. The molecule has 1 heterocycles. The molecule has 1 fully saturated rings. The molecule has 26 heavy (non-hydrogen) atoms. The molecule has 1 aliphatic heterocycles. The molecule has 2 atom stereocenters. The number of rotatable bonds is 4. The highest BCUT2D eigenvalue weighted by Gasteiger charge is 2.34. The zero-order valence-electron chi connectivity index (χ0n) is 14.5. The Morgan fingerprint density at radius 3 is 2.54 bits per heavy atom. The van der Waals surface area contributed by atoms with Crippen LogP contribution in [0.1, 0.15) is 34.3 Å². The Balaban J connectivity index is 0.00000243. The van der Waals surface area contributed by atoms with Crippen LogP contribution in [0.2, 0.25) is 0 Å². The molecule has 2 aromatic rings. The van der Waals surface area contributed by atoms with Crippen LogP contribution in [-0.4, -0.2) is 34.9 Å². The zero-order chi connectivity index (χ0) is 18.0. The second-order valence-electron chi connectivity index (χ2n) is 6.35. The third-order valence-electron chi connectivity index (χ3n) is 4.79. The molecule has 3 rings (SSSR count). The Hall–Kier alpha value is -2.44. The van der Waals surface area contributed by atoms with E-state index in [0.717, 1.165) is 5.56 Å². The number of carbonyl (C=O) groups is 1. The fourth-order valence-electron chi connectivity index (χ4n) is 3.40. The van der Waals surface area contributed by atoms with Crippen molar-refractivity contribution >= 4 is 24.0 Å². The summed E-state index contributed by atoms with van der Waals surface area (Å²) in [6.45, 7) is 2.82. The van der Waals surface area contributed by atoms with Gasteiger partial charge in [0, 0.05) is 42.2 Å². The standard InChI is InChI=1S/C19H21N3O3.ClH/c1-2-13-8-9-15(10-18(13)22(24)25)19(23)21-11-16(17(20)12-21)14-6-4-3-5-7-14;/h3-10,16-17H,2,11-12,20H2,1H3;1H/t16-,17+;/m0./s1. The van der Waals surface area contributed by atoms with Gasteiger partial charge in [0.2, 0.25) is 0 Å². The number of hydrogen-bond donors (Lipinski definition) is 1. The zero-order valence-corrected chi connectivity index (χ0v) is 15.3. The monoisotopic (exact) mass is 375 g/mol. The minimum absolute atomic E-state index is 0. The lowest BCUT2D eigenvalue weighted by molar-refractivity contribution is -0.385. The maximum absolute atomic E-state index is 12.8. The van der Waals surface area contributed by atoms with Gasteiger partial charge in [-0.15, -0.1) is 12.4 Å². The van der Waals surface area contributed by atoms with Crippen LogP contribution in [0, 0.1) is 10.1 Å². The summed E-state index contributed by atoms with van der Waals surface area (Å²) in [6, 6.07) is 14.4. The first-order valence-corrected chi connectivity index (χ1v) is 8.38. The molecule has 2 N–H and O–H groups in total. The number of benzene rings is 2. The molecule has 0 aromatic heterocycles. The summed E-state index contributed by atoms with van der Waals surface area (Å²) in [6.07, 6.45) is 0.551. The molecule has 1 amide bonds. The molecule has 2 aromatic carbocycles. The molecule has 0 saturated carbocycles. The molecule has 0 radical (unpaired) electrons. The number of hydrogen-bond acceptors (Lipinski definition) is 4. The Labute approximate surface area is 158 Å². The van der Waals surface area contributed by atoms with Gasteiger partial charge in [0.15, 0.2) is 0 Å². The molecule has 0 spiro atoms. The quantitative estimate of drug-likeness (QED) is 0.656. The topological polar surface area (TPSA) is 89.5 Å². The number of aryl methyl sites for hydroxylation is 1. The van der Waals surface area contributed by atoms with E-state index in [0.29, 0.717) is 30.6 Å². The Kier molecular flexibility index (Phi) is 6.34. The van der Waals surface area contributed by atoms with Crippen molar-refractivity contribution in [2.24, 2.45) is 5.73 Å². The van der Waals surface area contributed by atoms with Crippen LogP contribution in [-0.2, 0) is 6.42 Å². The van der Waals surface area contributed by atoms with Gasteiger partial charge < -0.3 is 10.6 Å². The summed E-state index contributed by atoms with van der Waals surface area (Å²) in [7, 11) is 0. The maximum atomic E-state index is 12.8. The molecular formula is C19H22ClN3O3. The summed E-state index contributed by atoms with van der Waals surface area (Å²) < 4.78 is 0. The van der Waals surface area contributed by atoms with E-state index in [2.05, 4.69) is 0 Å². The van der Waals surface area contributed by atoms with Gasteiger partial charge in [-0.3, -0.25) is 14.9 Å². The van der Waals surface area contributed by atoms with Gasteiger partial charge in [-0.25, -0.2) is 0 Å². The van der Waals surface area contributed by atoms with Gasteiger partial charge in [0.05, 0.1) is 4.92 Å². The Morgan fingerprint density at radius 2 is 1.92 bits per heavy atom. The van der Waals surface area contributed by atoms with E-state index in [4.69, 9.17) is 5.73 Å². The lowest BCUT2D eigenvalue weighted by atomic mass is 9.95. The van der Waals surface area contributed by atoms with E-state index in [1.165, 1.54) is 6.07 Å². The van der Waals surface area contributed by atoms with E-state index in [1.54, 1.807) is 17.0 Å². The van der Waals surface area contributed by atoms with E-state index < -0.39 is 4.92 Å².